The van der Waals surface area contributed by atoms with Gasteiger partial charge in [0, 0.05) is 11.4 Å². The molecule has 0 fully saturated rings. The molecule has 4 rings (SSSR count). The predicted molar refractivity (Wildman–Crippen MR) is 136 cm³/mol. The summed E-state index contributed by atoms with van der Waals surface area (Å²) in [5.74, 6) is 0.990. The highest BCUT2D eigenvalue weighted by Crippen LogP contribution is 2.41. The van der Waals surface area contributed by atoms with Gasteiger partial charge >= 0.3 is 0 Å². The standard InChI is InChI=1S/C28H34ClN3O/c1-5-28(6-2,21-12-14-22(29)15-13-21)17-16-25(33)23-19-30-32-26(23)31-24(18-27(32,3)4)20-10-8-7-9-11-20/h7-15,19,24,31H,5-6,16-18H2,1-4H3/t24-/m1/s1. The van der Waals surface area contributed by atoms with Crippen molar-refractivity contribution in [2.45, 2.75) is 76.8 Å². The van der Waals surface area contributed by atoms with Crippen LogP contribution in [0.2, 0.25) is 5.02 Å². The second-order valence-electron chi connectivity index (χ2n) is 9.86. The van der Waals surface area contributed by atoms with E-state index in [1.807, 2.05) is 22.9 Å². The number of nitrogens with zero attached hydrogens (tertiary/aromatic N) is 2. The number of fused-ring (bicyclic) bond motifs is 1. The fourth-order valence-corrected chi connectivity index (χ4v) is 5.41. The van der Waals surface area contributed by atoms with E-state index in [1.165, 1.54) is 11.1 Å². The summed E-state index contributed by atoms with van der Waals surface area (Å²) in [6.07, 6.45) is 5.90. The van der Waals surface area contributed by atoms with Crippen LogP contribution in [0.15, 0.2) is 60.8 Å². The molecule has 174 valence electrons. The molecular weight excluding hydrogens is 430 g/mol. The highest BCUT2D eigenvalue weighted by Gasteiger charge is 2.37. The maximum Gasteiger partial charge on any atom is 0.168 e. The number of Topliss-reactive ketones (excluding diaryl/α,β-unsaturated/α-hetero) is 1. The third-order valence-corrected chi connectivity index (χ3v) is 7.75. The Morgan fingerprint density at radius 1 is 1.12 bits per heavy atom. The Balaban J connectivity index is 1.58. The van der Waals surface area contributed by atoms with E-state index in [2.05, 4.69) is 74.5 Å². The summed E-state index contributed by atoms with van der Waals surface area (Å²) in [4.78, 5) is 13.5. The quantitative estimate of drug-likeness (QED) is 0.351. The minimum atomic E-state index is -0.181. The summed E-state index contributed by atoms with van der Waals surface area (Å²) < 4.78 is 1.99. The van der Waals surface area contributed by atoms with E-state index in [9.17, 15) is 4.79 Å². The SMILES string of the molecule is CCC(CC)(CCC(=O)c1cnn2c1N[C@@H](c1ccccc1)CC2(C)C)c1ccc(Cl)cc1. The van der Waals surface area contributed by atoms with Gasteiger partial charge < -0.3 is 5.32 Å². The highest BCUT2D eigenvalue weighted by atomic mass is 35.5. The lowest BCUT2D eigenvalue weighted by Gasteiger charge is -2.38. The smallest absolute Gasteiger partial charge is 0.168 e. The number of anilines is 1. The Labute approximate surface area is 202 Å². The first-order chi connectivity index (χ1) is 15.8. The zero-order chi connectivity index (χ0) is 23.6. The van der Waals surface area contributed by atoms with Crippen molar-refractivity contribution in [1.82, 2.24) is 9.78 Å². The van der Waals surface area contributed by atoms with E-state index in [0.717, 1.165) is 36.5 Å². The van der Waals surface area contributed by atoms with Gasteiger partial charge in [-0.3, -0.25) is 4.79 Å². The van der Waals surface area contributed by atoms with Crippen LogP contribution in [0, 0.1) is 0 Å². The Hall–Kier alpha value is -2.59. The summed E-state index contributed by atoms with van der Waals surface area (Å²) in [5, 5.41) is 9.00. The van der Waals surface area contributed by atoms with Gasteiger partial charge in [0.25, 0.3) is 0 Å². The molecule has 3 aromatic rings. The fourth-order valence-electron chi connectivity index (χ4n) is 5.29. The minimum Gasteiger partial charge on any atom is -0.363 e. The van der Waals surface area contributed by atoms with Gasteiger partial charge in [0.15, 0.2) is 5.78 Å². The number of hydrogen-bond acceptors (Lipinski definition) is 3. The molecule has 0 aliphatic carbocycles. The molecule has 0 radical (unpaired) electrons. The van der Waals surface area contributed by atoms with Crippen LogP contribution in [0.3, 0.4) is 0 Å². The number of benzene rings is 2. The monoisotopic (exact) mass is 463 g/mol. The first kappa shape index (κ1) is 23.6. The van der Waals surface area contributed by atoms with Crippen LogP contribution in [-0.2, 0) is 11.0 Å². The van der Waals surface area contributed by atoms with Crippen molar-refractivity contribution < 1.29 is 4.79 Å². The second-order valence-corrected chi connectivity index (χ2v) is 10.3. The van der Waals surface area contributed by atoms with Crippen molar-refractivity contribution in [2.24, 2.45) is 0 Å². The summed E-state index contributed by atoms with van der Waals surface area (Å²) in [5.41, 5.74) is 2.97. The molecule has 0 amide bonds. The number of hydrogen-bond donors (Lipinski definition) is 1. The summed E-state index contributed by atoms with van der Waals surface area (Å²) in [6, 6.07) is 18.7. The molecule has 5 heteroatoms. The molecule has 1 atom stereocenters. The van der Waals surface area contributed by atoms with Crippen LogP contribution in [0.4, 0.5) is 5.82 Å². The van der Waals surface area contributed by atoms with E-state index in [4.69, 9.17) is 11.6 Å². The third-order valence-electron chi connectivity index (χ3n) is 7.50. The average molecular weight is 464 g/mol. The predicted octanol–water partition coefficient (Wildman–Crippen LogP) is 7.55. The molecule has 2 aromatic carbocycles. The van der Waals surface area contributed by atoms with E-state index < -0.39 is 0 Å². The second kappa shape index (κ2) is 9.34. The van der Waals surface area contributed by atoms with Gasteiger partial charge in [-0.15, -0.1) is 0 Å². The van der Waals surface area contributed by atoms with Gasteiger partial charge in [-0.25, -0.2) is 4.68 Å². The highest BCUT2D eigenvalue weighted by molar-refractivity contribution is 6.30. The number of rotatable bonds is 8. The molecule has 1 aromatic heterocycles. The summed E-state index contributed by atoms with van der Waals surface area (Å²) >= 11 is 6.12. The van der Waals surface area contributed by atoms with Crippen LogP contribution in [0.5, 0.6) is 0 Å². The molecule has 4 nitrogen and oxygen atoms in total. The van der Waals surface area contributed by atoms with Crippen molar-refractivity contribution in [1.29, 1.82) is 0 Å². The number of ketones is 1. The van der Waals surface area contributed by atoms with Crippen molar-refractivity contribution in [2.75, 3.05) is 5.32 Å². The Morgan fingerprint density at radius 3 is 2.42 bits per heavy atom. The lowest BCUT2D eigenvalue weighted by molar-refractivity contribution is 0.0968. The Morgan fingerprint density at radius 2 is 1.79 bits per heavy atom. The third kappa shape index (κ3) is 4.59. The molecule has 2 heterocycles. The molecule has 1 aliphatic rings. The van der Waals surface area contributed by atoms with Crippen LogP contribution < -0.4 is 5.32 Å². The normalized spacial score (nSPS) is 17.3. The fraction of sp³-hybridized carbons (Fsp3) is 0.429. The van der Waals surface area contributed by atoms with Crippen molar-refractivity contribution in [3.63, 3.8) is 0 Å². The van der Waals surface area contributed by atoms with Gasteiger partial charge in [-0.05, 0) is 68.2 Å². The number of halogens is 1. The van der Waals surface area contributed by atoms with E-state index >= 15 is 0 Å². The number of carbonyl (C=O) groups is 1. The summed E-state index contributed by atoms with van der Waals surface area (Å²) in [7, 11) is 0. The number of aromatic nitrogens is 2. The molecule has 1 aliphatic heterocycles. The number of nitrogens with one attached hydrogen (secondary N) is 1. The first-order valence-corrected chi connectivity index (χ1v) is 12.4. The zero-order valence-electron chi connectivity index (χ0n) is 20.1. The van der Waals surface area contributed by atoms with E-state index in [0.29, 0.717) is 12.0 Å². The van der Waals surface area contributed by atoms with Crippen LogP contribution in [-0.4, -0.2) is 15.6 Å². The van der Waals surface area contributed by atoms with Gasteiger partial charge in [0.2, 0.25) is 0 Å². The average Bonchev–Trinajstić information content (AvgIpc) is 3.26. The molecular formula is C28H34ClN3O. The van der Waals surface area contributed by atoms with Crippen LogP contribution in [0.1, 0.15) is 87.3 Å². The molecule has 0 saturated carbocycles. The van der Waals surface area contributed by atoms with Gasteiger partial charge in [-0.2, -0.15) is 5.10 Å². The van der Waals surface area contributed by atoms with E-state index in [1.54, 1.807) is 6.20 Å². The molecule has 0 saturated heterocycles. The van der Waals surface area contributed by atoms with Crippen LogP contribution >= 0.6 is 11.6 Å². The zero-order valence-corrected chi connectivity index (χ0v) is 20.8. The Bertz CT molecular complexity index is 1100. The lowest BCUT2D eigenvalue weighted by Crippen LogP contribution is -2.38. The van der Waals surface area contributed by atoms with Gasteiger partial charge in [0.1, 0.15) is 5.82 Å². The minimum absolute atomic E-state index is 0.0350. The summed E-state index contributed by atoms with van der Waals surface area (Å²) in [6.45, 7) is 8.79. The number of carbonyl (C=O) groups excluding carboxylic acids is 1. The molecule has 33 heavy (non-hydrogen) atoms. The van der Waals surface area contributed by atoms with Crippen LogP contribution in [0.25, 0.3) is 0 Å². The van der Waals surface area contributed by atoms with Crippen molar-refractivity contribution in [3.05, 3.63) is 82.5 Å². The van der Waals surface area contributed by atoms with E-state index in [-0.39, 0.29) is 22.8 Å². The topological polar surface area (TPSA) is 46.9 Å². The Kier molecular flexibility index (Phi) is 6.67. The lowest BCUT2D eigenvalue weighted by atomic mass is 9.72. The maximum absolute atomic E-state index is 13.5. The maximum atomic E-state index is 13.5. The molecule has 0 spiro atoms. The van der Waals surface area contributed by atoms with Crippen molar-refractivity contribution in [3.8, 4) is 0 Å². The molecule has 0 bridgehead atoms. The van der Waals surface area contributed by atoms with Gasteiger partial charge in [0.05, 0.1) is 23.3 Å². The largest absolute Gasteiger partial charge is 0.363 e. The molecule has 1 N–H and O–H groups in total. The van der Waals surface area contributed by atoms with Gasteiger partial charge in [-0.1, -0.05) is 67.9 Å². The first-order valence-electron chi connectivity index (χ1n) is 12.0. The molecule has 0 unspecified atom stereocenters. The van der Waals surface area contributed by atoms with Crippen molar-refractivity contribution >= 4 is 23.2 Å².